The lowest BCUT2D eigenvalue weighted by Gasteiger charge is -2.04. The summed E-state index contributed by atoms with van der Waals surface area (Å²) in [4.78, 5) is 6.20. The number of nitrogens with zero attached hydrogens (tertiary/aromatic N) is 1. The Labute approximate surface area is 95.5 Å². The van der Waals surface area contributed by atoms with Gasteiger partial charge in [-0.15, -0.1) is 0 Å². The standard InChI is InChI=1S/C9H17N3O3S/c1-2-5-15-6-3-4-12-16(13,14)9-7-10-8-11-9/h7-8,12H,2-6H2,1H3,(H,10,11). The minimum atomic E-state index is -3.43. The fraction of sp³-hybridized carbons (Fsp3) is 0.667. The Balaban J connectivity index is 2.22. The molecule has 0 fully saturated rings. The van der Waals surface area contributed by atoms with Gasteiger partial charge in [0.25, 0.3) is 10.0 Å². The normalized spacial score (nSPS) is 11.8. The van der Waals surface area contributed by atoms with E-state index in [1.165, 1.54) is 12.5 Å². The number of ether oxygens (including phenoxy) is 1. The Hall–Kier alpha value is -0.920. The maximum Gasteiger partial charge on any atom is 0.257 e. The summed E-state index contributed by atoms with van der Waals surface area (Å²) >= 11 is 0. The van der Waals surface area contributed by atoms with Crippen molar-refractivity contribution in [2.24, 2.45) is 0 Å². The van der Waals surface area contributed by atoms with Gasteiger partial charge in [0.05, 0.1) is 12.5 Å². The van der Waals surface area contributed by atoms with Crippen molar-refractivity contribution in [2.75, 3.05) is 19.8 Å². The molecule has 1 rings (SSSR count). The average Bonchev–Trinajstić information content (AvgIpc) is 2.77. The van der Waals surface area contributed by atoms with Gasteiger partial charge in [-0.05, 0) is 12.8 Å². The third kappa shape index (κ3) is 4.30. The van der Waals surface area contributed by atoms with Crippen LogP contribution in [-0.2, 0) is 14.8 Å². The molecule has 0 unspecified atom stereocenters. The Bertz CT molecular complexity index is 375. The fourth-order valence-electron chi connectivity index (χ4n) is 1.09. The SMILES string of the molecule is CCCOCCCNS(=O)(=O)c1cnc[nH]1. The van der Waals surface area contributed by atoms with Gasteiger partial charge < -0.3 is 9.72 Å². The van der Waals surface area contributed by atoms with Crippen LogP contribution < -0.4 is 4.72 Å². The van der Waals surface area contributed by atoms with Gasteiger partial charge >= 0.3 is 0 Å². The van der Waals surface area contributed by atoms with Crippen LogP contribution in [0.4, 0.5) is 0 Å². The number of nitrogens with one attached hydrogen (secondary N) is 2. The monoisotopic (exact) mass is 247 g/mol. The van der Waals surface area contributed by atoms with E-state index in [4.69, 9.17) is 4.74 Å². The number of aromatic nitrogens is 2. The quantitative estimate of drug-likeness (QED) is 0.655. The molecule has 0 bridgehead atoms. The molecule has 92 valence electrons. The zero-order chi connectivity index (χ0) is 11.9. The highest BCUT2D eigenvalue weighted by molar-refractivity contribution is 7.89. The van der Waals surface area contributed by atoms with E-state index in [1.807, 2.05) is 6.92 Å². The topological polar surface area (TPSA) is 84.1 Å². The predicted molar refractivity (Wildman–Crippen MR) is 59.5 cm³/mol. The third-order valence-corrected chi connectivity index (χ3v) is 3.26. The molecule has 0 aliphatic rings. The van der Waals surface area contributed by atoms with Gasteiger partial charge in [-0.1, -0.05) is 6.92 Å². The number of imidazole rings is 1. The lowest BCUT2D eigenvalue weighted by atomic mass is 10.4. The number of rotatable bonds is 8. The first-order valence-electron chi connectivity index (χ1n) is 5.22. The maximum absolute atomic E-state index is 11.6. The number of hydrogen-bond donors (Lipinski definition) is 2. The molecule has 1 aromatic rings. The van der Waals surface area contributed by atoms with Crippen LogP contribution in [-0.4, -0.2) is 38.1 Å². The Morgan fingerprint density at radius 2 is 2.31 bits per heavy atom. The minimum Gasteiger partial charge on any atom is -0.381 e. The average molecular weight is 247 g/mol. The highest BCUT2D eigenvalue weighted by atomic mass is 32.2. The molecular weight excluding hydrogens is 230 g/mol. The van der Waals surface area contributed by atoms with Crippen LogP contribution >= 0.6 is 0 Å². The highest BCUT2D eigenvalue weighted by Gasteiger charge is 2.13. The lowest BCUT2D eigenvalue weighted by Crippen LogP contribution is -2.25. The van der Waals surface area contributed by atoms with Crippen molar-refractivity contribution in [3.63, 3.8) is 0 Å². The second-order valence-corrected chi connectivity index (χ2v) is 5.01. The summed E-state index contributed by atoms with van der Waals surface area (Å²) in [5, 5.41) is 0.0852. The van der Waals surface area contributed by atoms with Crippen LogP contribution in [0.25, 0.3) is 0 Å². The van der Waals surface area contributed by atoms with Gasteiger partial charge in [0, 0.05) is 19.8 Å². The summed E-state index contributed by atoms with van der Waals surface area (Å²) < 4.78 is 30.8. The first kappa shape index (κ1) is 13.1. The van der Waals surface area contributed by atoms with Gasteiger partial charge in [0.2, 0.25) is 0 Å². The molecule has 2 N–H and O–H groups in total. The first-order chi connectivity index (χ1) is 7.67. The van der Waals surface area contributed by atoms with Crippen LogP contribution in [0.15, 0.2) is 17.6 Å². The van der Waals surface area contributed by atoms with Crippen LogP contribution in [0.3, 0.4) is 0 Å². The Morgan fingerprint density at radius 3 is 2.94 bits per heavy atom. The van der Waals surface area contributed by atoms with Crippen molar-refractivity contribution in [2.45, 2.75) is 24.8 Å². The second kappa shape index (κ2) is 6.62. The maximum atomic E-state index is 11.6. The molecule has 0 aromatic carbocycles. The van der Waals surface area contributed by atoms with Crippen molar-refractivity contribution < 1.29 is 13.2 Å². The van der Waals surface area contributed by atoms with E-state index < -0.39 is 10.0 Å². The minimum absolute atomic E-state index is 0.0852. The second-order valence-electron chi connectivity index (χ2n) is 3.28. The van der Waals surface area contributed by atoms with Gasteiger partial charge in [0.1, 0.15) is 0 Å². The molecule has 0 saturated heterocycles. The molecule has 1 heterocycles. The van der Waals surface area contributed by atoms with Crippen molar-refractivity contribution in [3.8, 4) is 0 Å². The van der Waals surface area contributed by atoms with Crippen LogP contribution in [0.5, 0.6) is 0 Å². The number of H-pyrrole nitrogens is 1. The summed E-state index contributed by atoms with van der Waals surface area (Å²) in [6, 6.07) is 0. The molecule has 0 saturated carbocycles. The summed E-state index contributed by atoms with van der Waals surface area (Å²) in [6.45, 7) is 3.68. The van der Waals surface area contributed by atoms with Crippen molar-refractivity contribution >= 4 is 10.0 Å². The number of aromatic amines is 1. The zero-order valence-electron chi connectivity index (χ0n) is 9.27. The van der Waals surface area contributed by atoms with Gasteiger partial charge in [-0.25, -0.2) is 18.1 Å². The highest BCUT2D eigenvalue weighted by Crippen LogP contribution is 2.01. The molecular formula is C9H17N3O3S. The van der Waals surface area contributed by atoms with Crippen molar-refractivity contribution in [3.05, 3.63) is 12.5 Å². The summed E-state index contributed by atoms with van der Waals surface area (Å²) in [6.07, 6.45) is 4.24. The Kier molecular flexibility index (Phi) is 5.44. The third-order valence-electron chi connectivity index (χ3n) is 1.87. The van der Waals surface area contributed by atoms with E-state index >= 15 is 0 Å². The van der Waals surface area contributed by atoms with E-state index in [-0.39, 0.29) is 5.03 Å². The molecule has 0 radical (unpaired) electrons. The van der Waals surface area contributed by atoms with Gasteiger partial charge in [-0.2, -0.15) is 0 Å². The molecule has 0 amide bonds. The molecule has 0 aliphatic heterocycles. The van der Waals surface area contributed by atoms with E-state index in [9.17, 15) is 8.42 Å². The van der Waals surface area contributed by atoms with Crippen LogP contribution in [0, 0.1) is 0 Å². The van der Waals surface area contributed by atoms with Crippen molar-refractivity contribution in [1.29, 1.82) is 0 Å². The Morgan fingerprint density at radius 1 is 1.50 bits per heavy atom. The summed E-state index contributed by atoms with van der Waals surface area (Å²) in [5.41, 5.74) is 0. The number of sulfonamides is 1. The first-order valence-corrected chi connectivity index (χ1v) is 6.71. The molecule has 6 nitrogen and oxygen atoms in total. The smallest absolute Gasteiger partial charge is 0.257 e. The largest absolute Gasteiger partial charge is 0.381 e. The van der Waals surface area contributed by atoms with E-state index in [1.54, 1.807) is 0 Å². The number of hydrogen-bond acceptors (Lipinski definition) is 4. The summed E-state index contributed by atoms with van der Waals surface area (Å²) in [7, 11) is -3.43. The van der Waals surface area contributed by atoms with Crippen molar-refractivity contribution in [1.82, 2.24) is 14.7 Å². The molecule has 0 aliphatic carbocycles. The summed E-state index contributed by atoms with van der Waals surface area (Å²) in [5.74, 6) is 0. The molecule has 0 atom stereocenters. The van der Waals surface area contributed by atoms with Gasteiger partial charge in [-0.3, -0.25) is 0 Å². The lowest BCUT2D eigenvalue weighted by molar-refractivity contribution is 0.133. The van der Waals surface area contributed by atoms with Gasteiger partial charge in [0.15, 0.2) is 5.03 Å². The molecule has 16 heavy (non-hydrogen) atoms. The molecule has 7 heteroatoms. The van der Waals surface area contributed by atoms with E-state index in [0.717, 1.165) is 6.42 Å². The zero-order valence-corrected chi connectivity index (χ0v) is 10.1. The van der Waals surface area contributed by atoms with Crippen LogP contribution in [0.1, 0.15) is 19.8 Å². The van der Waals surface area contributed by atoms with E-state index in [0.29, 0.717) is 26.2 Å². The molecule has 1 aromatic heterocycles. The van der Waals surface area contributed by atoms with E-state index in [2.05, 4.69) is 14.7 Å². The molecule has 0 spiro atoms. The fourth-order valence-corrected chi connectivity index (χ4v) is 2.07. The predicted octanol–water partition coefficient (Wildman–Crippen LogP) is 0.505. The van der Waals surface area contributed by atoms with Crippen LogP contribution in [0.2, 0.25) is 0 Å².